The summed E-state index contributed by atoms with van der Waals surface area (Å²) in [4.78, 5) is 11.8. The molecule has 4 aromatic carbocycles. The maximum Gasteiger partial charge on any atom is 0.407 e. The summed E-state index contributed by atoms with van der Waals surface area (Å²) in [5.41, 5.74) is 1.34. The summed E-state index contributed by atoms with van der Waals surface area (Å²) >= 11 is 0. The Morgan fingerprint density at radius 2 is 1.07 bits per heavy atom. The average Bonchev–Trinajstić information content (AvgIpc) is 2.98. The predicted octanol–water partition coefficient (Wildman–Crippen LogP) is 5.49. The summed E-state index contributed by atoms with van der Waals surface area (Å²) in [5, 5.41) is 2.51. The van der Waals surface area contributed by atoms with E-state index in [9.17, 15) is 21.6 Å². The normalized spacial score (nSPS) is 12.8. The van der Waals surface area contributed by atoms with Crippen LogP contribution < -0.4 is 5.32 Å². The molecule has 1 atom stereocenters. The van der Waals surface area contributed by atoms with Gasteiger partial charge in [0.25, 0.3) is 0 Å². The molecule has 0 saturated carbocycles. The zero-order chi connectivity index (χ0) is 28.6. The maximum absolute atomic E-state index is 17.2. The van der Waals surface area contributed by atoms with E-state index in [-0.39, 0.29) is 13.0 Å². The van der Waals surface area contributed by atoms with Crippen LogP contribution in [0.2, 0.25) is 0 Å². The number of benzene rings is 4. The topological polar surface area (TPSA) is 107 Å². The number of rotatable bonds is 11. The van der Waals surface area contributed by atoms with Crippen molar-refractivity contribution in [2.75, 3.05) is 0 Å². The Labute approximate surface area is 233 Å². The number of alkyl carbamates (subject to hydrolysis) is 1. The van der Waals surface area contributed by atoms with Gasteiger partial charge in [-0.1, -0.05) is 97.1 Å². The van der Waals surface area contributed by atoms with Crippen LogP contribution in [0.25, 0.3) is 0 Å². The van der Waals surface area contributed by atoms with Crippen molar-refractivity contribution in [3.05, 3.63) is 132 Å². The monoisotopic (exact) mass is 581 g/mol. The number of sulfone groups is 2. The number of halogens is 1. The number of amides is 1. The highest BCUT2D eigenvalue weighted by Gasteiger charge is 2.58. The van der Waals surface area contributed by atoms with E-state index >= 15 is 4.39 Å². The molecule has 0 saturated heterocycles. The smallest absolute Gasteiger partial charge is 0.407 e. The number of carbonyl (C=O) groups is 1. The summed E-state index contributed by atoms with van der Waals surface area (Å²) in [6, 6.07) is 29.3. The van der Waals surface area contributed by atoms with E-state index in [1.807, 2.05) is 0 Å². The Morgan fingerprint density at radius 1 is 0.675 bits per heavy atom. The second kappa shape index (κ2) is 12.4. The van der Waals surface area contributed by atoms with Crippen LogP contribution in [0.3, 0.4) is 0 Å². The third-order valence-electron chi connectivity index (χ3n) is 6.26. The highest BCUT2D eigenvalue weighted by Crippen LogP contribution is 2.41. The molecule has 0 fully saturated rings. The molecule has 0 aromatic heterocycles. The quantitative estimate of drug-likeness (QED) is 0.251. The fourth-order valence-electron chi connectivity index (χ4n) is 4.21. The van der Waals surface area contributed by atoms with Crippen LogP contribution in [0.4, 0.5) is 9.18 Å². The molecular formula is C30H28FNO6S2. The lowest BCUT2D eigenvalue weighted by atomic mass is 10.0. The van der Waals surface area contributed by atoms with E-state index in [1.165, 1.54) is 36.4 Å². The van der Waals surface area contributed by atoms with Crippen molar-refractivity contribution in [1.82, 2.24) is 5.32 Å². The number of ether oxygens (including phenoxy) is 1. The first kappa shape index (κ1) is 29.0. The van der Waals surface area contributed by atoms with Crippen molar-refractivity contribution in [3.8, 4) is 0 Å². The summed E-state index contributed by atoms with van der Waals surface area (Å²) < 4.78 is 73.7. The molecule has 0 radical (unpaired) electrons. The number of alkyl halides is 1. The predicted molar refractivity (Wildman–Crippen MR) is 149 cm³/mol. The molecule has 0 aliphatic carbocycles. The minimum absolute atomic E-state index is 0.0540. The Kier molecular flexibility index (Phi) is 9.01. The lowest BCUT2D eigenvalue weighted by molar-refractivity contribution is 0.133. The molecular weight excluding hydrogens is 553 g/mol. The Morgan fingerprint density at radius 3 is 1.52 bits per heavy atom. The second-order valence-corrected chi connectivity index (χ2v) is 13.6. The van der Waals surface area contributed by atoms with E-state index in [2.05, 4.69) is 5.32 Å². The molecule has 1 amide bonds. The number of hydrogen-bond acceptors (Lipinski definition) is 6. The molecule has 0 aliphatic heterocycles. The van der Waals surface area contributed by atoms with E-state index in [4.69, 9.17) is 4.74 Å². The van der Waals surface area contributed by atoms with Crippen molar-refractivity contribution in [2.24, 2.45) is 0 Å². The van der Waals surface area contributed by atoms with Gasteiger partial charge in [0.2, 0.25) is 19.7 Å². The van der Waals surface area contributed by atoms with Crippen LogP contribution in [-0.2, 0) is 37.4 Å². The van der Waals surface area contributed by atoms with Gasteiger partial charge in [-0.2, -0.15) is 0 Å². The number of hydrogen-bond donors (Lipinski definition) is 1. The molecule has 0 aliphatic rings. The third kappa shape index (κ3) is 6.40. The van der Waals surface area contributed by atoms with Crippen molar-refractivity contribution in [2.45, 2.75) is 39.6 Å². The molecule has 208 valence electrons. The number of carbonyl (C=O) groups excluding carboxylic acids is 1. The molecule has 1 unspecified atom stereocenters. The van der Waals surface area contributed by atoms with Gasteiger partial charge in [-0.25, -0.2) is 26.0 Å². The molecule has 0 bridgehead atoms. The fourth-order valence-corrected chi connectivity index (χ4v) is 8.52. The Bertz CT molecular complexity index is 1550. The summed E-state index contributed by atoms with van der Waals surface area (Å²) in [6.45, 7) is -0.0872. The van der Waals surface area contributed by atoms with Gasteiger partial charge in [-0.3, -0.25) is 0 Å². The first-order valence-electron chi connectivity index (χ1n) is 12.4. The molecule has 4 rings (SSSR count). The van der Waals surface area contributed by atoms with Crippen LogP contribution >= 0.6 is 0 Å². The van der Waals surface area contributed by atoms with Crippen LogP contribution in [0, 0.1) is 0 Å². The highest BCUT2D eigenvalue weighted by atomic mass is 32.3. The first-order valence-corrected chi connectivity index (χ1v) is 15.4. The van der Waals surface area contributed by atoms with Crippen LogP contribution in [0.5, 0.6) is 0 Å². The molecule has 4 aromatic rings. The minimum atomic E-state index is -5.13. The summed E-state index contributed by atoms with van der Waals surface area (Å²) in [5.74, 6) is 0. The first-order chi connectivity index (χ1) is 19.1. The van der Waals surface area contributed by atoms with E-state index < -0.39 is 52.4 Å². The van der Waals surface area contributed by atoms with Gasteiger partial charge < -0.3 is 10.1 Å². The molecule has 10 heteroatoms. The van der Waals surface area contributed by atoms with Crippen LogP contribution in [-0.4, -0.2) is 33.3 Å². The Hall–Kier alpha value is -4.02. The van der Waals surface area contributed by atoms with Crippen molar-refractivity contribution >= 4 is 25.8 Å². The van der Waals surface area contributed by atoms with Gasteiger partial charge >= 0.3 is 10.4 Å². The zero-order valence-electron chi connectivity index (χ0n) is 21.4. The van der Waals surface area contributed by atoms with Crippen LogP contribution in [0.15, 0.2) is 131 Å². The van der Waals surface area contributed by atoms with Gasteiger partial charge in [-0.15, -0.1) is 0 Å². The van der Waals surface area contributed by atoms with E-state index in [0.717, 1.165) is 24.3 Å². The zero-order valence-corrected chi connectivity index (χ0v) is 23.0. The van der Waals surface area contributed by atoms with Crippen molar-refractivity contribution in [1.29, 1.82) is 0 Å². The Balaban J connectivity index is 1.73. The standard InChI is InChI=1S/C30H28FNO6S2/c31-30(39(34,35)27-17-9-3-10-18-27,40(36,37)28-19-11-4-12-20-28)22-26(21-24-13-5-1-6-14-24)32-29(33)38-23-25-15-7-2-8-16-25/h1-20,26H,21-23H2,(H,32,33). The minimum Gasteiger partial charge on any atom is -0.445 e. The third-order valence-corrected chi connectivity index (χ3v) is 11.3. The highest BCUT2D eigenvalue weighted by molar-refractivity contribution is 8.10. The van der Waals surface area contributed by atoms with Gasteiger partial charge in [0, 0.05) is 12.5 Å². The summed E-state index contributed by atoms with van der Waals surface area (Å²) in [7, 11) is -10.3. The van der Waals surface area contributed by atoms with Crippen LogP contribution in [0.1, 0.15) is 17.5 Å². The SMILES string of the molecule is O=C(NC(Cc1ccccc1)CC(F)(S(=O)(=O)c1ccccc1)S(=O)(=O)c1ccccc1)OCc1ccccc1. The van der Waals surface area contributed by atoms with Gasteiger partial charge in [0.15, 0.2) is 0 Å². The van der Waals surface area contributed by atoms with Crippen molar-refractivity contribution in [3.63, 3.8) is 0 Å². The largest absolute Gasteiger partial charge is 0.445 e. The second-order valence-electron chi connectivity index (χ2n) is 9.09. The summed E-state index contributed by atoms with van der Waals surface area (Å²) in [6.07, 6.45) is -2.08. The van der Waals surface area contributed by atoms with Gasteiger partial charge in [0.1, 0.15) is 6.61 Å². The van der Waals surface area contributed by atoms with Crippen molar-refractivity contribution < 1.29 is 30.8 Å². The van der Waals surface area contributed by atoms with Gasteiger partial charge in [-0.05, 0) is 41.8 Å². The fraction of sp³-hybridized carbons (Fsp3) is 0.167. The molecule has 0 spiro atoms. The van der Waals surface area contributed by atoms with Gasteiger partial charge in [0.05, 0.1) is 9.79 Å². The van der Waals surface area contributed by atoms with E-state index in [0.29, 0.717) is 11.1 Å². The van der Waals surface area contributed by atoms with E-state index in [1.54, 1.807) is 60.7 Å². The average molecular weight is 582 g/mol. The molecule has 40 heavy (non-hydrogen) atoms. The number of nitrogens with one attached hydrogen (secondary N) is 1. The lowest BCUT2D eigenvalue weighted by Gasteiger charge is -2.30. The molecule has 0 heterocycles. The lowest BCUT2D eigenvalue weighted by Crippen LogP contribution is -2.49. The maximum atomic E-state index is 17.2. The molecule has 7 nitrogen and oxygen atoms in total. The molecule has 1 N–H and O–H groups in total.